The van der Waals surface area contributed by atoms with Gasteiger partial charge in [-0.2, -0.15) is 0 Å². The summed E-state index contributed by atoms with van der Waals surface area (Å²) in [6.45, 7) is 1.96. The van der Waals surface area contributed by atoms with E-state index in [1.165, 1.54) is 0 Å². The predicted molar refractivity (Wildman–Crippen MR) is 53.4 cm³/mol. The number of benzene rings is 1. The first-order chi connectivity index (χ1) is 5.16. The van der Waals surface area contributed by atoms with Crippen LogP contribution in [-0.2, 0) is 5.88 Å². The molecular formula is C8H7BrCl2. The first-order valence-electron chi connectivity index (χ1n) is 3.16. The highest BCUT2D eigenvalue weighted by Gasteiger charge is 2.04. The Morgan fingerprint density at radius 2 is 2.09 bits per heavy atom. The molecule has 0 aliphatic carbocycles. The fourth-order valence-corrected chi connectivity index (χ4v) is 1.94. The molecule has 1 rings (SSSR count). The number of hydrogen-bond acceptors (Lipinski definition) is 0. The molecule has 11 heavy (non-hydrogen) atoms. The van der Waals surface area contributed by atoms with Crippen molar-refractivity contribution in [1.82, 2.24) is 0 Å². The largest absolute Gasteiger partial charge is 0.122 e. The summed E-state index contributed by atoms with van der Waals surface area (Å²) in [6, 6.07) is 3.93. The highest BCUT2D eigenvalue weighted by molar-refractivity contribution is 9.10. The molecule has 0 aliphatic heterocycles. The van der Waals surface area contributed by atoms with Gasteiger partial charge in [0.25, 0.3) is 0 Å². The van der Waals surface area contributed by atoms with E-state index >= 15 is 0 Å². The summed E-state index contributed by atoms with van der Waals surface area (Å²) in [5.74, 6) is 0.487. The zero-order valence-corrected chi connectivity index (χ0v) is 9.09. The third kappa shape index (κ3) is 1.90. The molecule has 0 saturated heterocycles. The number of hydrogen-bond donors (Lipinski definition) is 0. The third-order valence-electron chi connectivity index (χ3n) is 1.50. The van der Waals surface area contributed by atoms with Crippen molar-refractivity contribution >= 4 is 39.1 Å². The van der Waals surface area contributed by atoms with Crippen LogP contribution < -0.4 is 0 Å². The van der Waals surface area contributed by atoms with Crippen molar-refractivity contribution in [3.63, 3.8) is 0 Å². The Kier molecular flexibility index (Phi) is 3.23. The van der Waals surface area contributed by atoms with Crippen LogP contribution in [0.5, 0.6) is 0 Å². The number of alkyl halides is 1. The number of rotatable bonds is 1. The summed E-state index contributed by atoms with van der Waals surface area (Å²) in [5.41, 5.74) is 2.09. The van der Waals surface area contributed by atoms with Crippen LogP contribution in [0.15, 0.2) is 16.6 Å². The van der Waals surface area contributed by atoms with Gasteiger partial charge in [-0.05, 0) is 34.0 Å². The topological polar surface area (TPSA) is 0 Å². The molecule has 0 N–H and O–H groups in total. The van der Waals surface area contributed by atoms with Crippen molar-refractivity contribution in [1.29, 1.82) is 0 Å². The van der Waals surface area contributed by atoms with Crippen LogP contribution in [0, 0.1) is 6.92 Å². The lowest BCUT2D eigenvalue weighted by atomic mass is 10.2. The predicted octanol–water partition coefficient (Wildman–Crippen LogP) is 4.15. The van der Waals surface area contributed by atoms with Crippen molar-refractivity contribution in [2.24, 2.45) is 0 Å². The van der Waals surface area contributed by atoms with Gasteiger partial charge in [-0.1, -0.05) is 23.7 Å². The minimum atomic E-state index is 0.487. The average molecular weight is 254 g/mol. The fourth-order valence-electron chi connectivity index (χ4n) is 0.789. The standard InChI is InChI=1S/C8H7BrCl2/c1-5-2-3-6(4-10)7(9)8(5)11/h2-3H,4H2,1H3. The summed E-state index contributed by atoms with van der Waals surface area (Å²) in [6.07, 6.45) is 0. The van der Waals surface area contributed by atoms with Crippen LogP contribution >= 0.6 is 39.1 Å². The zero-order chi connectivity index (χ0) is 8.43. The second-order valence-corrected chi connectivity index (χ2v) is 3.74. The van der Waals surface area contributed by atoms with Crippen LogP contribution in [0.25, 0.3) is 0 Å². The molecule has 0 bridgehead atoms. The monoisotopic (exact) mass is 252 g/mol. The fraction of sp³-hybridized carbons (Fsp3) is 0.250. The van der Waals surface area contributed by atoms with E-state index in [1.807, 2.05) is 19.1 Å². The van der Waals surface area contributed by atoms with Crippen LogP contribution in [-0.4, -0.2) is 0 Å². The number of aryl methyl sites for hydroxylation is 1. The molecule has 0 spiro atoms. The smallest absolute Gasteiger partial charge is 0.0580 e. The Bertz CT molecular complexity index is 271. The Labute approximate surface area is 84.6 Å². The molecule has 0 aromatic heterocycles. The van der Waals surface area contributed by atoms with Gasteiger partial charge in [0.15, 0.2) is 0 Å². The summed E-state index contributed by atoms with van der Waals surface area (Å²) in [4.78, 5) is 0. The van der Waals surface area contributed by atoms with Crippen molar-refractivity contribution in [3.05, 3.63) is 32.8 Å². The van der Waals surface area contributed by atoms with Gasteiger partial charge in [0.1, 0.15) is 0 Å². The maximum absolute atomic E-state index is 5.96. The lowest BCUT2D eigenvalue weighted by Crippen LogP contribution is -1.84. The molecule has 0 amide bonds. The first kappa shape index (κ1) is 9.37. The Balaban J connectivity index is 3.25. The van der Waals surface area contributed by atoms with E-state index < -0.39 is 0 Å². The average Bonchev–Trinajstić information content (AvgIpc) is 2.01. The highest BCUT2D eigenvalue weighted by Crippen LogP contribution is 2.30. The van der Waals surface area contributed by atoms with Crippen LogP contribution in [0.1, 0.15) is 11.1 Å². The molecule has 0 saturated carbocycles. The summed E-state index contributed by atoms with van der Waals surface area (Å²) in [5, 5.41) is 0.753. The van der Waals surface area contributed by atoms with E-state index in [9.17, 15) is 0 Å². The van der Waals surface area contributed by atoms with E-state index in [-0.39, 0.29) is 0 Å². The van der Waals surface area contributed by atoms with Crippen molar-refractivity contribution in [2.75, 3.05) is 0 Å². The van der Waals surface area contributed by atoms with E-state index in [4.69, 9.17) is 23.2 Å². The van der Waals surface area contributed by atoms with Crippen molar-refractivity contribution in [3.8, 4) is 0 Å². The summed E-state index contributed by atoms with van der Waals surface area (Å²) >= 11 is 15.0. The van der Waals surface area contributed by atoms with Gasteiger partial charge >= 0.3 is 0 Å². The molecule has 0 aliphatic rings. The van der Waals surface area contributed by atoms with Gasteiger partial charge in [-0.15, -0.1) is 11.6 Å². The SMILES string of the molecule is Cc1ccc(CCl)c(Br)c1Cl. The van der Waals surface area contributed by atoms with Crippen LogP contribution in [0.3, 0.4) is 0 Å². The first-order valence-corrected chi connectivity index (χ1v) is 4.86. The van der Waals surface area contributed by atoms with Gasteiger partial charge in [0.05, 0.1) is 5.02 Å². The molecule has 0 atom stereocenters. The van der Waals surface area contributed by atoms with E-state index in [0.717, 1.165) is 20.6 Å². The minimum absolute atomic E-state index is 0.487. The molecule has 0 nitrogen and oxygen atoms in total. The van der Waals surface area contributed by atoms with Crippen LogP contribution in [0.4, 0.5) is 0 Å². The third-order valence-corrected chi connectivity index (χ3v) is 3.41. The van der Waals surface area contributed by atoms with Gasteiger partial charge < -0.3 is 0 Å². The van der Waals surface area contributed by atoms with Gasteiger partial charge in [-0.25, -0.2) is 0 Å². The maximum Gasteiger partial charge on any atom is 0.0580 e. The molecule has 1 aromatic rings. The molecule has 0 unspecified atom stereocenters. The van der Waals surface area contributed by atoms with Gasteiger partial charge in [0.2, 0.25) is 0 Å². The minimum Gasteiger partial charge on any atom is -0.122 e. The van der Waals surface area contributed by atoms with E-state index in [2.05, 4.69) is 15.9 Å². The van der Waals surface area contributed by atoms with E-state index in [0.29, 0.717) is 5.88 Å². The second kappa shape index (κ2) is 3.79. The number of halogens is 3. The van der Waals surface area contributed by atoms with Gasteiger partial charge in [0, 0.05) is 10.4 Å². The summed E-state index contributed by atoms with van der Waals surface area (Å²) < 4.78 is 0.911. The summed E-state index contributed by atoms with van der Waals surface area (Å²) in [7, 11) is 0. The molecule has 1 aromatic carbocycles. The van der Waals surface area contributed by atoms with Crippen LogP contribution in [0.2, 0.25) is 5.02 Å². The molecule has 0 fully saturated rings. The molecular weight excluding hydrogens is 247 g/mol. The normalized spacial score (nSPS) is 10.2. The quantitative estimate of drug-likeness (QED) is 0.660. The second-order valence-electron chi connectivity index (χ2n) is 2.30. The Morgan fingerprint density at radius 3 is 2.64 bits per heavy atom. The molecule has 0 radical (unpaired) electrons. The van der Waals surface area contributed by atoms with Crippen molar-refractivity contribution < 1.29 is 0 Å². The molecule has 3 heteroatoms. The maximum atomic E-state index is 5.96. The Hall–Kier alpha value is 0.280. The lowest BCUT2D eigenvalue weighted by molar-refractivity contribution is 1.33. The highest BCUT2D eigenvalue weighted by atomic mass is 79.9. The molecule has 0 heterocycles. The lowest BCUT2D eigenvalue weighted by Gasteiger charge is -2.04. The van der Waals surface area contributed by atoms with Crippen molar-refractivity contribution in [2.45, 2.75) is 12.8 Å². The van der Waals surface area contributed by atoms with Gasteiger partial charge in [-0.3, -0.25) is 0 Å². The zero-order valence-electron chi connectivity index (χ0n) is 6.00. The Morgan fingerprint density at radius 1 is 1.45 bits per heavy atom. The van der Waals surface area contributed by atoms with E-state index in [1.54, 1.807) is 0 Å². The molecule has 60 valence electrons.